The molecule has 0 saturated carbocycles. The Labute approximate surface area is 315 Å². The van der Waals surface area contributed by atoms with Crippen molar-refractivity contribution in [1.29, 1.82) is 0 Å². The number of hydrogen-bond donors (Lipinski definition) is 0. The molecule has 0 amide bonds. The number of aryl methyl sites for hydroxylation is 1. The van der Waals surface area contributed by atoms with Crippen LogP contribution in [0, 0.1) is 32.6 Å². The van der Waals surface area contributed by atoms with Gasteiger partial charge in [0.15, 0.2) is 0 Å². The highest BCUT2D eigenvalue weighted by atomic mass is 16.5. The molecule has 0 aliphatic heterocycles. The zero-order chi connectivity index (χ0) is 37.2. The number of rotatable bonds is 13. The van der Waals surface area contributed by atoms with E-state index in [0.717, 1.165) is 72.6 Å². The highest BCUT2D eigenvalue weighted by Gasteiger charge is 2.23. The minimum Gasteiger partial charge on any atom is -0.457 e. The number of pyridine rings is 1. The van der Waals surface area contributed by atoms with E-state index in [0.29, 0.717) is 11.8 Å². The lowest BCUT2D eigenvalue weighted by molar-refractivity contribution is 0.483. The Bertz CT molecular complexity index is 2360. The van der Waals surface area contributed by atoms with Crippen LogP contribution < -0.4 is 4.74 Å². The smallest absolute Gasteiger partial charge is 0.137 e. The van der Waals surface area contributed by atoms with Crippen molar-refractivity contribution in [2.24, 2.45) is 11.8 Å². The molecule has 7 rings (SSSR count). The summed E-state index contributed by atoms with van der Waals surface area (Å²) in [5.74, 6) is 3.69. The Hall–Kier alpha value is -5.16. The first-order valence-corrected chi connectivity index (χ1v) is 19.6. The lowest BCUT2D eigenvalue weighted by Crippen LogP contribution is -2.11. The van der Waals surface area contributed by atoms with Crippen molar-refractivity contribution in [2.75, 3.05) is 0 Å². The van der Waals surface area contributed by atoms with Crippen LogP contribution >= 0.6 is 0 Å². The minimum atomic E-state index is 0.609. The van der Waals surface area contributed by atoms with E-state index in [-0.39, 0.29) is 0 Å². The second-order valence-electron chi connectivity index (χ2n) is 15.2. The van der Waals surface area contributed by atoms with Gasteiger partial charge in [-0.25, -0.2) is 9.67 Å². The van der Waals surface area contributed by atoms with E-state index in [1.54, 1.807) is 0 Å². The molecule has 4 aromatic carbocycles. The summed E-state index contributed by atoms with van der Waals surface area (Å²) in [4.78, 5) is 4.82. The Kier molecular flexibility index (Phi) is 10.5. The molecule has 5 nitrogen and oxygen atoms in total. The quantitative estimate of drug-likeness (QED) is 0.120. The van der Waals surface area contributed by atoms with Crippen LogP contribution in [-0.2, 0) is 19.3 Å². The van der Waals surface area contributed by atoms with Gasteiger partial charge in [0.1, 0.15) is 17.3 Å². The van der Waals surface area contributed by atoms with E-state index < -0.39 is 0 Å². The Morgan fingerprint density at radius 3 is 2.11 bits per heavy atom. The lowest BCUT2D eigenvalue weighted by atomic mass is 9.79. The van der Waals surface area contributed by atoms with Crippen LogP contribution in [0.3, 0.4) is 0 Å². The molecule has 0 fully saturated rings. The van der Waals surface area contributed by atoms with Gasteiger partial charge in [-0.3, -0.25) is 4.57 Å². The summed E-state index contributed by atoms with van der Waals surface area (Å²) in [6, 6.07) is 27.5. The fourth-order valence-electron chi connectivity index (χ4n) is 7.84. The molecule has 0 bridgehead atoms. The maximum atomic E-state index is 6.61. The Morgan fingerprint density at radius 1 is 0.698 bits per heavy atom. The summed E-state index contributed by atoms with van der Waals surface area (Å²) in [6.45, 7) is 18.5. The monoisotopic (exact) mass is 702 g/mol. The predicted octanol–water partition coefficient (Wildman–Crippen LogP) is 12.9. The first-order chi connectivity index (χ1) is 25.7. The third-order valence-electron chi connectivity index (χ3n) is 11.5. The normalized spacial score (nSPS) is 12.8. The second-order valence-corrected chi connectivity index (χ2v) is 15.2. The first kappa shape index (κ1) is 36.2. The zero-order valence-corrected chi connectivity index (χ0v) is 32.8. The van der Waals surface area contributed by atoms with Crippen molar-refractivity contribution < 1.29 is 4.74 Å². The average molecular weight is 703 g/mol. The number of nitrogens with zero attached hydrogens (tertiary/aromatic N) is 4. The number of ether oxygens (including phenoxy) is 1. The van der Waals surface area contributed by atoms with Crippen LogP contribution in [0.1, 0.15) is 87.3 Å². The van der Waals surface area contributed by atoms with E-state index in [9.17, 15) is 0 Å². The molecular formula is C48H54N4O. The maximum absolute atomic E-state index is 6.61. The molecule has 272 valence electrons. The molecule has 0 radical (unpaired) electrons. The fourth-order valence-corrected chi connectivity index (χ4v) is 7.84. The van der Waals surface area contributed by atoms with Gasteiger partial charge < -0.3 is 4.74 Å². The molecule has 0 aliphatic rings. The van der Waals surface area contributed by atoms with Gasteiger partial charge in [0.05, 0.1) is 22.9 Å². The van der Waals surface area contributed by atoms with Crippen molar-refractivity contribution in [3.05, 3.63) is 131 Å². The second kappa shape index (κ2) is 15.4. The molecule has 2 atom stereocenters. The van der Waals surface area contributed by atoms with Crippen molar-refractivity contribution in [3.8, 4) is 34.1 Å². The van der Waals surface area contributed by atoms with E-state index in [1.807, 2.05) is 23.0 Å². The molecule has 53 heavy (non-hydrogen) atoms. The van der Waals surface area contributed by atoms with Crippen LogP contribution in [0.15, 0.2) is 97.5 Å². The summed E-state index contributed by atoms with van der Waals surface area (Å²) in [6.07, 6.45) is 12.8. The van der Waals surface area contributed by atoms with Gasteiger partial charge in [0.25, 0.3) is 0 Å². The zero-order valence-electron chi connectivity index (χ0n) is 32.8. The van der Waals surface area contributed by atoms with Crippen LogP contribution in [0.4, 0.5) is 0 Å². The van der Waals surface area contributed by atoms with Crippen molar-refractivity contribution in [3.63, 3.8) is 0 Å². The molecule has 3 aromatic heterocycles. The van der Waals surface area contributed by atoms with Crippen LogP contribution in [-0.4, -0.2) is 19.3 Å². The Morgan fingerprint density at radius 2 is 1.40 bits per heavy atom. The maximum Gasteiger partial charge on any atom is 0.137 e. The van der Waals surface area contributed by atoms with E-state index in [1.165, 1.54) is 55.3 Å². The van der Waals surface area contributed by atoms with Crippen LogP contribution in [0.25, 0.3) is 44.4 Å². The van der Waals surface area contributed by atoms with Crippen LogP contribution in [0.2, 0.25) is 0 Å². The number of benzene rings is 4. The van der Waals surface area contributed by atoms with E-state index in [4.69, 9.17) is 14.8 Å². The van der Waals surface area contributed by atoms with Crippen molar-refractivity contribution in [2.45, 2.75) is 93.9 Å². The molecule has 2 unspecified atom stereocenters. The molecule has 0 spiro atoms. The van der Waals surface area contributed by atoms with Gasteiger partial charge in [0.2, 0.25) is 0 Å². The number of hydrogen-bond acceptors (Lipinski definition) is 3. The molecule has 0 N–H and O–H groups in total. The van der Waals surface area contributed by atoms with E-state index >= 15 is 0 Å². The average Bonchev–Trinajstić information content (AvgIpc) is 3.79. The number of para-hydroxylation sites is 1. The van der Waals surface area contributed by atoms with Gasteiger partial charge in [-0.1, -0.05) is 78.1 Å². The summed E-state index contributed by atoms with van der Waals surface area (Å²) in [5.41, 5.74) is 14.3. The lowest BCUT2D eigenvalue weighted by Gasteiger charge is -2.25. The highest BCUT2D eigenvalue weighted by Crippen LogP contribution is 2.39. The fraction of sp³-hybridized carbons (Fsp3) is 0.333. The molecule has 0 aliphatic carbocycles. The standard InChI is InChI=1S/C48H54N4O/c1-9-15-36-22-23-49-47(26-36)52-45-19-13-12-18-41(45)42-21-20-40(28-46(42)52)53-39-17-14-16-38(27-39)51-30-37(29-50-51)48-43(24-31(4)10-2)34(7)33(6)35(8)44(48)25-32(5)11-3/h12-14,16-23,26-32H,9-11,15,24-25H2,1-8H3. The number of aromatic nitrogens is 4. The largest absolute Gasteiger partial charge is 0.457 e. The van der Waals surface area contributed by atoms with Gasteiger partial charge in [0, 0.05) is 40.9 Å². The summed E-state index contributed by atoms with van der Waals surface area (Å²) < 4.78 is 10.9. The highest BCUT2D eigenvalue weighted by molar-refractivity contribution is 6.09. The SMILES string of the molecule is CCCc1ccnc(-n2c3ccccc3c3ccc(Oc4cccc(-n5cc(-c6c(CC(C)CC)c(C)c(C)c(C)c6CC(C)CC)cn5)c4)cc32)c1. The van der Waals surface area contributed by atoms with Crippen molar-refractivity contribution in [1.82, 2.24) is 19.3 Å². The Balaban J connectivity index is 1.25. The molecule has 0 saturated heterocycles. The summed E-state index contributed by atoms with van der Waals surface area (Å²) >= 11 is 0. The molecule has 3 heterocycles. The number of fused-ring (bicyclic) bond motifs is 3. The van der Waals surface area contributed by atoms with Gasteiger partial charge in [-0.15, -0.1) is 0 Å². The topological polar surface area (TPSA) is 44.9 Å². The minimum absolute atomic E-state index is 0.609. The molecule has 5 heteroatoms. The summed E-state index contributed by atoms with van der Waals surface area (Å²) in [7, 11) is 0. The third-order valence-corrected chi connectivity index (χ3v) is 11.5. The van der Waals surface area contributed by atoms with Gasteiger partial charge in [-0.2, -0.15) is 5.10 Å². The molecular weight excluding hydrogens is 649 g/mol. The molecule has 7 aromatic rings. The first-order valence-electron chi connectivity index (χ1n) is 19.6. The predicted molar refractivity (Wildman–Crippen MR) is 222 cm³/mol. The van der Waals surface area contributed by atoms with E-state index in [2.05, 4.69) is 139 Å². The summed E-state index contributed by atoms with van der Waals surface area (Å²) in [5, 5.41) is 7.33. The van der Waals surface area contributed by atoms with Crippen molar-refractivity contribution >= 4 is 21.8 Å². The third kappa shape index (κ3) is 7.14. The van der Waals surface area contributed by atoms with Crippen LogP contribution in [0.5, 0.6) is 11.5 Å². The van der Waals surface area contributed by atoms with Gasteiger partial charge >= 0.3 is 0 Å². The van der Waals surface area contributed by atoms with Gasteiger partial charge in [-0.05, 0) is 133 Å².